The summed E-state index contributed by atoms with van der Waals surface area (Å²) in [5, 5.41) is 7.00. The molecule has 0 aromatic rings. The second-order valence-electron chi connectivity index (χ2n) is 3.12. The van der Waals surface area contributed by atoms with E-state index in [-0.39, 0.29) is 12.0 Å². The Balaban J connectivity index is -0.000000205. The summed E-state index contributed by atoms with van der Waals surface area (Å²) in [4.78, 5) is 21.9. The number of carbonyl (C=O) groups excluding carboxylic acids is 2. The maximum atomic E-state index is 10.7. The summed E-state index contributed by atoms with van der Waals surface area (Å²) in [6.45, 7) is 3.78. The molecule has 0 amide bonds. The van der Waals surface area contributed by atoms with Gasteiger partial charge in [0.1, 0.15) is 12.3 Å². The molecule has 1 N–H and O–H groups in total. The van der Waals surface area contributed by atoms with Gasteiger partial charge < -0.3 is 14.6 Å². The monoisotopic (exact) mass is 235 g/mol. The van der Waals surface area contributed by atoms with Crippen molar-refractivity contribution in [3.05, 3.63) is 0 Å². The number of methoxy groups -OCH3 is 1. The summed E-state index contributed by atoms with van der Waals surface area (Å²) in [6.07, 6.45) is 2.61. The van der Waals surface area contributed by atoms with Crippen molar-refractivity contribution in [2.24, 2.45) is 0 Å². The lowest BCUT2D eigenvalue weighted by Gasteiger charge is -2.16. The maximum absolute atomic E-state index is 10.7. The molecule has 0 saturated heterocycles. The highest BCUT2D eigenvalue weighted by molar-refractivity contribution is 5.74. The summed E-state index contributed by atoms with van der Waals surface area (Å²) in [5.41, 5.74) is 0. The zero-order valence-corrected chi connectivity index (χ0v) is 11.2. The van der Waals surface area contributed by atoms with Crippen LogP contribution in [0.25, 0.3) is 0 Å². The van der Waals surface area contributed by atoms with Crippen LogP contribution in [0, 0.1) is 0 Å². The van der Waals surface area contributed by atoms with Crippen LogP contribution in [-0.4, -0.2) is 56.6 Å². The average molecular weight is 235 g/mol. The van der Waals surface area contributed by atoms with Gasteiger partial charge in [-0.3, -0.25) is 9.69 Å². The van der Waals surface area contributed by atoms with E-state index in [1.807, 2.05) is 21.0 Å². The van der Waals surface area contributed by atoms with Gasteiger partial charge in [-0.15, -0.1) is 0 Å². The molecule has 0 rings (SSSR count). The summed E-state index contributed by atoms with van der Waals surface area (Å²) in [7, 11) is 6.06. The van der Waals surface area contributed by atoms with E-state index in [9.17, 15) is 9.59 Å². The van der Waals surface area contributed by atoms with E-state index >= 15 is 0 Å². The molecule has 0 radical (unpaired) electrons. The average Bonchev–Trinajstić information content (AvgIpc) is 2.31. The van der Waals surface area contributed by atoms with E-state index in [4.69, 9.17) is 5.11 Å². The number of aldehydes is 1. The Morgan fingerprint density at radius 2 is 1.88 bits per heavy atom. The van der Waals surface area contributed by atoms with Crippen molar-refractivity contribution in [3.63, 3.8) is 0 Å². The highest BCUT2D eigenvalue weighted by Gasteiger charge is 2.13. The first kappa shape index (κ1) is 20.5. The lowest BCUT2D eigenvalue weighted by atomic mass is 10.3. The fraction of sp³-hybridized carbons (Fsp3) is 0.818. The van der Waals surface area contributed by atoms with E-state index in [0.717, 1.165) is 19.8 Å². The molecule has 0 fully saturated rings. The summed E-state index contributed by atoms with van der Waals surface area (Å²) in [5.74, 6) is -0.194. The topological polar surface area (TPSA) is 66.8 Å². The molecule has 16 heavy (non-hydrogen) atoms. The van der Waals surface area contributed by atoms with Gasteiger partial charge in [0.2, 0.25) is 0 Å². The van der Waals surface area contributed by atoms with Crippen molar-refractivity contribution in [1.82, 2.24) is 4.90 Å². The Morgan fingerprint density at radius 3 is 1.94 bits per heavy atom. The molecule has 5 heteroatoms. The highest BCUT2D eigenvalue weighted by Crippen LogP contribution is 1.92. The largest absolute Gasteiger partial charge is 0.468 e. The van der Waals surface area contributed by atoms with Gasteiger partial charge >= 0.3 is 5.97 Å². The summed E-state index contributed by atoms with van der Waals surface area (Å²) in [6, 6.07) is -0.144. The number of likely N-dealkylation sites (N-methyl/N-ethyl adjacent to an activating group) is 1. The van der Waals surface area contributed by atoms with E-state index in [1.54, 1.807) is 11.8 Å². The number of esters is 1. The van der Waals surface area contributed by atoms with Crippen LogP contribution in [0.5, 0.6) is 0 Å². The van der Waals surface area contributed by atoms with E-state index in [1.165, 1.54) is 7.11 Å². The third-order valence-electron chi connectivity index (χ3n) is 1.72. The second kappa shape index (κ2) is 16.5. The SMILES string of the molecule is CCCC=O.CO.COC(=O)[C@H](C)N(C)C. The van der Waals surface area contributed by atoms with Gasteiger partial charge in [-0.1, -0.05) is 6.92 Å². The minimum absolute atomic E-state index is 0.144. The molecule has 0 spiro atoms. The predicted octanol–water partition coefficient (Wildman–Crippen LogP) is 0.703. The van der Waals surface area contributed by atoms with Crippen molar-refractivity contribution in [3.8, 4) is 0 Å². The van der Waals surface area contributed by atoms with Gasteiger partial charge in [-0.05, 0) is 27.4 Å². The number of hydrogen-bond donors (Lipinski definition) is 1. The van der Waals surface area contributed by atoms with Crippen LogP contribution in [0.3, 0.4) is 0 Å². The van der Waals surface area contributed by atoms with Crippen molar-refractivity contribution in [2.45, 2.75) is 32.7 Å². The maximum Gasteiger partial charge on any atom is 0.322 e. The number of hydrogen-bond acceptors (Lipinski definition) is 5. The molecular weight excluding hydrogens is 210 g/mol. The number of aliphatic hydroxyl groups is 1. The number of carbonyl (C=O) groups is 2. The normalized spacial score (nSPS) is 10.2. The Hall–Kier alpha value is -0.940. The standard InChI is InChI=1S/C6H13NO2.C4H8O.CH4O/c1-5(7(2)3)6(8)9-4;1-2-3-4-5;1-2/h5H,1-4H3;4H,2-3H2,1H3;2H,1H3/t5-;;/m0../s1. The van der Waals surface area contributed by atoms with Gasteiger partial charge in [0.25, 0.3) is 0 Å². The summed E-state index contributed by atoms with van der Waals surface area (Å²) < 4.78 is 4.49. The number of unbranched alkanes of at least 4 members (excludes halogenated alkanes) is 1. The lowest BCUT2D eigenvalue weighted by Crippen LogP contribution is -2.33. The van der Waals surface area contributed by atoms with Gasteiger partial charge in [-0.25, -0.2) is 0 Å². The van der Waals surface area contributed by atoms with Gasteiger partial charge in [0, 0.05) is 13.5 Å². The molecule has 0 aliphatic carbocycles. The number of rotatable bonds is 4. The van der Waals surface area contributed by atoms with E-state index < -0.39 is 0 Å². The number of aliphatic hydroxyl groups excluding tert-OH is 1. The van der Waals surface area contributed by atoms with Gasteiger partial charge in [0.05, 0.1) is 7.11 Å². The molecule has 0 unspecified atom stereocenters. The smallest absolute Gasteiger partial charge is 0.322 e. The molecule has 5 nitrogen and oxygen atoms in total. The first-order chi connectivity index (χ1) is 7.51. The van der Waals surface area contributed by atoms with Crippen LogP contribution in [0.4, 0.5) is 0 Å². The van der Waals surface area contributed by atoms with Crippen LogP contribution >= 0.6 is 0 Å². The summed E-state index contributed by atoms with van der Waals surface area (Å²) >= 11 is 0. The first-order valence-corrected chi connectivity index (χ1v) is 5.13. The van der Waals surface area contributed by atoms with Gasteiger partial charge in [-0.2, -0.15) is 0 Å². The van der Waals surface area contributed by atoms with Crippen LogP contribution in [0.2, 0.25) is 0 Å². The molecule has 0 bridgehead atoms. The van der Waals surface area contributed by atoms with E-state index in [0.29, 0.717) is 6.42 Å². The molecule has 0 heterocycles. The predicted molar refractivity (Wildman–Crippen MR) is 64.3 cm³/mol. The van der Waals surface area contributed by atoms with Crippen molar-refractivity contribution >= 4 is 12.3 Å². The Bertz CT molecular complexity index is 160. The van der Waals surface area contributed by atoms with Crippen LogP contribution in [0.1, 0.15) is 26.7 Å². The fourth-order valence-corrected chi connectivity index (χ4v) is 0.499. The van der Waals surface area contributed by atoms with Crippen molar-refractivity contribution in [1.29, 1.82) is 0 Å². The zero-order valence-electron chi connectivity index (χ0n) is 11.2. The lowest BCUT2D eigenvalue weighted by molar-refractivity contribution is -0.145. The molecule has 0 aromatic heterocycles. The van der Waals surface area contributed by atoms with Crippen LogP contribution in [-0.2, 0) is 14.3 Å². The first-order valence-electron chi connectivity index (χ1n) is 5.13. The van der Waals surface area contributed by atoms with Crippen molar-refractivity contribution in [2.75, 3.05) is 28.3 Å². The molecule has 0 saturated carbocycles. The molecule has 0 aliphatic heterocycles. The van der Waals surface area contributed by atoms with E-state index in [2.05, 4.69) is 4.74 Å². The van der Waals surface area contributed by atoms with Gasteiger partial charge in [0.15, 0.2) is 0 Å². The molecule has 98 valence electrons. The molecule has 0 aromatic carbocycles. The molecular formula is C11H25NO4. The zero-order chi connectivity index (χ0) is 13.6. The minimum Gasteiger partial charge on any atom is -0.468 e. The quantitative estimate of drug-likeness (QED) is 0.574. The number of ether oxygens (including phenoxy) is 1. The Labute approximate surface area is 98.4 Å². The third kappa shape index (κ3) is 15.5. The second-order valence-corrected chi connectivity index (χ2v) is 3.12. The van der Waals surface area contributed by atoms with Crippen LogP contribution < -0.4 is 0 Å². The molecule has 0 aliphatic rings. The highest BCUT2D eigenvalue weighted by atomic mass is 16.5. The van der Waals surface area contributed by atoms with Crippen LogP contribution in [0.15, 0.2) is 0 Å². The fourth-order valence-electron chi connectivity index (χ4n) is 0.499. The third-order valence-corrected chi connectivity index (χ3v) is 1.72. The minimum atomic E-state index is -0.194. The molecule has 1 atom stereocenters. The Kier molecular flexibility index (Phi) is 21.1. The van der Waals surface area contributed by atoms with Crippen molar-refractivity contribution < 1.29 is 19.4 Å². The Morgan fingerprint density at radius 1 is 1.44 bits per heavy atom. The number of nitrogens with zero attached hydrogens (tertiary/aromatic N) is 1.